The van der Waals surface area contributed by atoms with Crippen LogP contribution in [0, 0.1) is 13.8 Å². The van der Waals surface area contributed by atoms with Crippen LogP contribution in [0.15, 0.2) is 30.6 Å². The molecule has 120 valence electrons. The Labute approximate surface area is 135 Å². The molecule has 0 bridgehead atoms. The van der Waals surface area contributed by atoms with Crippen molar-refractivity contribution in [2.24, 2.45) is 0 Å². The summed E-state index contributed by atoms with van der Waals surface area (Å²) in [5.74, 6) is 0.490. The van der Waals surface area contributed by atoms with Crippen LogP contribution in [0.2, 0.25) is 0 Å². The summed E-state index contributed by atoms with van der Waals surface area (Å²) in [7, 11) is 0. The van der Waals surface area contributed by atoms with Crippen molar-refractivity contribution in [2.75, 3.05) is 13.1 Å². The van der Waals surface area contributed by atoms with E-state index in [-0.39, 0.29) is 5.91 Å². The monoisotopic (exact) mass is 312 g/mol. The average Bonchev–Trinajstić information content (AvgIpc) is 2.55. The molecule has 0 unspecified atom stereocenters. The molecule has 2 aromatic rings. The molecule has 2 aromatic heterocycles. The molecule has 0 atom stereocenters. The Morgan fingerprint density at radius 1 is 1.26 bits per heavy atom. The molecule has 1 fully saturated rings. The average molecular weight is 312 g/mol. The van der Waals surface area contributed by atoms with Crippen LogP contribution in [0.25, 0.3) is 0 Å². The van der Waals surface area contributed by atoms with Gasteiger partial charge in [-0.2, -0.15) is 0 Å². The maximum absolute atomic E-state index is 12.6. The minimum absolute atomic E-state index is 0.105. The van der Waals surface area contributed by atoms with Gasteiger partial charge in [-0.1, -0.05) is 6.07 Å². The quantitative estimate of drug-likeness (QED) is 0.911. The fourth-order valence-corrected chi connectivity index (χ4v) is 2.99. The molecule has 6 nitrogen and oxygen atoms in total. The summed E-state index contributed by atoms with van der Waals surface area (Å²) in [6.07, 6.45) is 4.36. The molecule has 1 aliphatic rings. The van der Waals surface area contributed by atoms with Crippen LogP contribution in [0.5, 0.6) is 0 Å². The van der Waals surface area contributed by atoms with E-state index < -0.39 is 5.60 Å². The van der Waals surface area contributed by atoms with Crippen LogP contribution in [-0.4, -0.2) is 44.0 Å². The molecule has 1 N–H and O–H groups in total. The van der Waals surface area contributed by atoms with Crippen molar-refractivity contribution in [3.8, 4) is 0 Å². The first-order valence-electron chi connectivity index (χ1n) is 7.72. The van der Waals surface area contributed by atoms with E-state index in [4.69, 9.17) is 0 Å². The van der Waals surface area contributed by atoms with Crippen molar-refractivity contribution in [3.05, 3.63) is 53.4 Å². The zero-order valence-corrected chi connectivity index (χ0v) is 13.4. The topological polar surface area (TPSA) is 79.2 Å². The smallest absolute Gasteiger partial charge is 0.272 e. The predicted octanol–water partition coefficient (Wildman–Crippen LogP) is 1.61. The molecule has 6 heteroatoms. The lowest BCUT2D eigenvalue weighted by Crippen LogP contribution is -2.45. The lowest BCUT2D eigenvalue weighted by molar-refractivity contribution is -0.0215. The van der Waals surface area contributed by atoms with Crippen LogP contribution >= 0.6 is 0 Å². The highest BCUT2D eigenvalue weighted by Crippen LogP contribution is 2.32. The van der Waals surface area contributed by atoms with Gasteiger partial charge in [-0.25, -0.2) is 9.97 Å². The van der Waals surface area contributed by atoms with Gasteiger partial charge in [-0.3, -0.25) is 9.78 Å². The Hall–Kier alpha value is -2.34. The Bertz CT molecular complexity index is 690. The number of hydrogen-bond acceptors (Lipinski definition) is 5. The number of aliphatic hydroxyl groups is 1. The standard InChI is InChI=1S/C17H20N4O2/c1-12-10-15(20-13(2)19-12)16(22)21-8-5-17(23,6-9-21)14-4-3-7-18-11-14/h3-4,7,10-11,23H,5-6,8-9H2,1-2H3. The van der Waals surface area contributed by atoms with E-state index in [0.717, 1.165) is 11.3 Å². The van der Waals surface area contributed by atoms with Gasteiger partial charge in [-0.15, -0.1) is 0 Å². The summed E-state index contributed by atoms with van der Waals surface area (Å²) >= 11 is 0. The number of carbonyl (C=O) groups is 1. The van der Waals surface area contributed by atoms with Crippen LogP contribution in [0.4, 0.5) is 0 Å². The third-order valence-electron chi connectivity index (χ3n) is 4.26. The minimum Gasteiger partial charge on any atom is -0.385 e. The Morgan fingerprint density at radius 2 is 2.00 bits per heavy atom. The van der Waals surface area contributed by atoms with Gasteiger partial charge in [0.25, 0.3) is 5.91 Å². The fourth-order valence-electron chi connectivity index (χ4n) is 2.99. The van der Waals surface area contributed by atoms with Crippen molar-refractivity contribution < 1.29 is 9.90 Å². The predicted molar refractivity (Wildman–Crippen MR) is 84.8 cm³/mol. The summed E-state index contributed by atoms with van der Waals surface area (Å²) in [4.78, 5) is 26.8. The summed E-state index contributed by atoms with van der Waals surface area (Å²) < 4.78 is 0. The SMILES string of the molecule is Cc1cc(C(=O)N2CCC(O)(c3cccnc3)CC2)nc(C)n1. The second kappa shape index (κ2) is 6.04. The van der Waals surface area contributed by atoms with Gasteiger partial charge in [0.1, 0.15) is 11.5 Å². The number of aromatic nitrogens is 3. The highest BCUT2D eigenvalue weighted by molar-refractivity contribution is 5.92. The van der Waals surface area contributed by atoms with E-state index in [2.05, 4.69) is 15.0 Å². The molecule has 0 aliphatic carbocycles. The molecule has 1 saturated heterocycles. The summed E-state index contributed by atoms with van der Waals surface area (Å²) in [5, 5.41) is 10.8. The number of aryl methyl sites for hydroxylation is 2. The summed E-state index contributed by atoms with van der Waals surface area (Å²) in [6, 6.07) is 5.40. The first-order chi connectivity index (χ1) is 11.0. The normalized spacial score (nSPS) is 17.1. The van der Waals surface area contributed by atoms with E-state index >= 15 is 0 Å². The van der Waals surface area contributed by atoms with Crippen molar-refractivity contribution in [1.29, 1.82) is 0 Å². The Balaban J connectivity index is 1.72. The number of pyridine rings is 1. The summed E-state index contributed by atoms with van der Waals surface area (Å²) in [6.45, 7) is 4.61. The second-order valence-electron chi connectivity index (χ2n) is 6.01. The lowest BCUT2D eigenvalue weighted by Gasteiger charge is -2.38. The van der Waals surface area contributed by atoms with Crippen LogP contribution < -0.4 is 0 Å². The molecule has 1 aliphatic heterocycles. The minimum atomic E-state index is -0.914. The van der Waals surface area contributed by atoms with Crippen LogP contribution in [0.3, 0.4) is 0 Å². The molecule has 0 radical (unpaired) electrons. The number of nitrogens with zero attached hydrogens (tertiary/aromatic N) is 4. The highest BCUT2D eigenvalue weighted by Gasteiger charge is 2.36. The third kappa shape index (κ3) is 3.22. The molecule has 3 rings (SSSR count). The van der Waals surface area contributed by atoms with E-state index in [1.807, 2.05) is 19.1 Å². The molecule has 0 saturated carbocycles. The lowest BCUT2D eigenvalue weighted by atomic mass is 9.85. The molecular weight excluding hydrogens is 292 g/mol. The van der Waals surface area contributed by atoms with E-state index in [1.54, 1.807) is 30.3 Å². The Kier molecular flexibility index (Phi) is 4.09. The second-order valence-corrected chi connectivity index (χ2v) is 6.01. The van der Waals surface area contributed by atoms with Gasteiger partial charge < -0.3 is 10.0 Å². The molecule has 3 heterocycles. The van der Waals surface area contributed by atoms with Crippen molar-refractivity contribution in [1.82, 2.24) is 19.9 Å². The number of likely N-dealkylation sites (tertiary alicyclic amines) is 1. The van der Waals surface area contributed by atoms with Gasteiger partial charge in [0.15, 0.2) is 0 Å². The number of rotatable bonds is 2. The van der Waals surface area contributed by atoms with Crippen LogP contribution in [0.1, 0.15) is 40.4 Å². The maximum atomic E-state index is 12.6. The van der Waals surface area contributed by atoms with Crippen LogP contribution in [-0.2, 0) is 5.60 Å². The highest BCUT2D eigenvalue weighted by atomic mass is 16.3. The molecule has 0 spiro atoms. The van der Waals surface area contributed by atoms with Crippen molar-refractivity contribution in [3.63, 3.8) is 0 Å². The number of carbonyl (C=O) groups excluding carboxylic acids is 1. The van der Waals surface area contributed by atoms with E-state index in [9.17, 15) is 9.90 Å². The van der Waals surface area contributed by atoms with Crippen molar-refractivity contribution >= 4 is 5.91 Å². The fraction of sp³-hybridized carbons (Fsp3) is 0.412. The zero-order valence-electron chi connectivity index (χ0n) is 13.4. The van der Waals surface area contributed by atoms with Gasteiger partial charge in [0, 0.05) is 36.7 Å². The van der Waals surface area contributed by atoms with Gasteiger partial charge in [0.2, 0.25) is 0 Å². The van der Waals surface area contributed by atoms with Crippen molar-refractivity contribution in [2.45, 2.75) is 32.3 Å². The number of amides is 1. The number of piperidine rings is 1. The molecule has 23 heavy (non-hydrogen) atoms. The third-order valence-corrected chi connectivity index (χ3v) is 4.26. The molecular formula is C17H20N4O2. The first-order valence-corrected chi connectivity index (χ1v) is 7.72. The summed E-state index contributed by atoms with van der Waals surface area (Å²) in [5.41, 5.74) is 1.09. The van der Waals surface area contributed by atoms with Gasteiger partial charge >= 0.3 is 0 Å². The molecule has 0 aromatic carbocycles. The first kappa shape index (κ1) is 15.6. The largest absolute Gasteiger partial charge is 0.385 e. The zero-order chi connectivity index (χ0) is 16.4. The van der Waals surface area contributed by atoms with E-state index in [0.29, 0.717) is 37.4 Å². The maximum Gasteiger partial charge on any atom is 0.272 e. The van der Waals surface area contributed by atoms with Gasteiger partial charge in [0.05, 0.1) is 5.60 Å². The number of hydrogen-bond donors (Lipinski definition) is 1. The van der Waals surface area contributed by atoms with E-state index in [1.165, 1.54) is 0 Å². The Morgan fingerprint density at radius 3 is 2.61 bits per heavy atom. The van der Waals surface area contributed by atoms with Gasteiger partial charge in [-0.05, 0) is 38.8 Å². The molecule has 1 amide bonds.